The summed E-state index contributed by atoms with van der Waals surface area (Å²) in [4.78, 5) is 29.0. The number of nitrogens with zero attached hydrogens (tertiary/aromatic N) is 5. The van der Waals surface area contributed by atoms with Gasteiger partial charge < -0.3 is 10.2 Å². The highest BCUT2D eigenvalue weighted by Gasteiger charge is 2.56. The van der Waals surface area contributed by atoms with Gasteiger partial charge in [0, 0.05) is 31.0 Å². The molecule has 2 aromatic carbocycles. The number of hydrogen-bond acceptors (Lipinski definition) is 5. The Hall–Kier alpha value is -4.31. The zero-order valence-electron chi connectivity index (χ0n) is 21.8. The molecule has 1 saturated heterocycles. The predicted molar refractivity (Wildman–Crippen MR) is 145 cm³/mol. The van der Waals surface area contributed by atoms with Crippen molar-refractivity contribution in [3.8, 4) is 6.07 Å². The third kappa shape index (κ3) is 4.93. The van der Waals surface area contributed by atoms with Gasteiger partial charge >= 0.3 is 6.18 Å². The Morgan fingerprint density at radius 3 is 2.44 bits per heavy atom. The number of anilines is 2. The molecule has 1 N–H and O–H groups in total. The van der Waals surface area contributed by atoms with E-state index in [1.54, 1.807) is 13.1 Å². The maximum Gasteiger partial charge on any atom is 0.417 e. The second-order valence-electron chi connectivity index (χ2n) is 9.99. The number of carbonyl (C=O) groups is 2. The van der Waals surface area contributed by atoms with E-state index in [0.29, 0.717) is 31.4 Å². The van der Waals surface area contributed by atoms with E-state index in [1.165, 1.54) is 46.1 Å². The number of rotatable bonds is 5. The third-order valence-corrected chi connectivity index (χ3v) is 7.93. The smallest absolute Gasteiger partial charge is 0.347 e. The van der Waals surface area contributed by atoms with Crippen LogP contribution in [0.4, 0.5) is 28.9 Å². The lowest BCUT2D eigenvalue weighted by Gasteiger charge is -2.39. The molecule has 1 aromatic heterocycles. The molecule has 0 bridgehead atoms. The number of benzene rings is 2. The van der Waals surface area contributed by atoms with Gasteiger partial charge in [0.2, 0.25) is 0 Å². The Labute approximate surface area is 238 Å². The molecule has 2 fully saturated rings. The first kappa shape index (κ1) is 28.2. The average molecular weight is 585 g/mol. The van der Waals surface area contributed by atoms with Crippen LogP contribution in [0.25, 0.3) is 0 Å². The lowest BCUT2D eigenvalue weighted by atomic mass is 9.80. The molecule has 2 amide bonds. The molecule has 1 spiro atoms. The molecule has 212 valence electrons. The van der Waals surface area contributed by atoms with E-state index in [-0.39, 0.29) is 28.6 Å². The molecule has 0 unspecified atom stereocenters. The quantitative estimate of drug-likeness (QED) is 0.327. The minimum atomic E-state index is -4.82. The molecule has 8 nitrogen and oxygen atoms in total. The summed E-state index contributed by atoms with van der Waals surface area (Å²) in [6.45, 7) is -0.109. The minimum absolute atomic E-state index is 0.0774. The van der Waals surface area contributed by atoms with Crippen LogP contribution in [0.3, 0.4) is 0 Å². The maximum absolute atomic E-state index is 15.4. The van der Waals surface area contributed by atoms with Crippen molar-refractivity contribution in [1.82, 2.24) is 15.1 Å². The molecule has 5 rings (SSSR count). The molecular formula is C28H24F4N6O2S. The van der Waals surface area contributed by atoms with E-state index >= 15 is 4.39 Å². The molecule has 1 saturated carbocycles. The number of hydrogen-bond donors (Lipinski definition) is 1. The fourth-order valence-corrected chi connectivity index (χ4v) is 5.99. The molecule has 3 aromatic rings. The van der Waals surface area contributed by atoms with E-state index in [2.05, 4.69) is 10.4 Å². The van der Waals surface area contributed by atoms with E-state index in [0.717, 1.165) is 23.5 Å². The molecule has 41 heavy (non-hydrogen) atoms. The Kier molecular flexibility index (Phi) is 7.29. The number of halogens is 4. The number of thiocarbonyl (C=S) groups is 1. The molecule has 2 aliphatic rings. The summed E-state index contributed by atoms with van der Waals surface area (Å²) in [6.07, 6.45) is -0.352. The van der Waals surface area contributed by atoms with Crippen LogP contribution in [0, 0.1) is 17.1 Å². The van der Waals surface area contributed by atoms with Gasteiger partial charge in [0.25, 0.3) is 11.8 Å². The summed E-state index contributed by atoms with van der Waals surface area (Å²) in [6, 6.07) is 10.3. The van der Waals surface area contributed by atoms with Crippen molar-refractivity contribution in [1.29, 1.82) is 5.26 Å². The number of aryl methyl sites for hydroxylation is 1. The maximum atomic E-state index is 15.4. The van der Waals surface area contributed by atoms with Gasteiger partial charge in [-0.05, 0) is 61.5 Å². The number of aromatic nitrogens is 2. The number of nitriles is 1. The second kappa shape index (κ2) is 10.6. The van der Waals surface area contributed by atoms with Crippen molar-refractivity contribution in [2.75, 3.05) is 9.80 Å². The van der Waals surface area contributed by atoms with Crippen LogP contribution in [-0.2, 0) is 24.6 Å². The molecule has 0 radical (unpaired) electrons. The van der Waals surface area contributed by atoms with Crippen LogP contribution in [-0.4, -0.2) is 32.2 Å². The molecular weight excluding hydrogens is 560 g/mol. The van der Waals surface area contributed by atoms with Crippen LogP contribution in [0.5, 0.6) is 0 Å². The van der Waals surface area contributed by atoms with E-state index in [4.69, 9.17) is 12.2 Å². The highest BCUT2D eigenvalue weighted by molar-refractivity contribution is 7.81. The SMILES string of the molecule is Cn1nccc1C(=O)NCc1ccc(N2C(=S)N(c3ccc(C#N)c(C(F)(F)F)c3)C(=O)C23CCCCC3)cc1F. The summed E-state index contributed by atoms with van der Waals surface area (Å²) in [5.41, 5.74) is -2.28. The fraction of sp³-hybridized carbons (Fsp3) is 0.321. The summed E-state index contributed by atoms with van der Waals surface area (Å²) in [5.74, 6) is -1.57. The van der Waals surface area contributed by atoms with Crippen molar-refractivity contribution in [2.45, 2.75) is 50.4 Å². The highest BCUT2D eigenvalue weighted by Crippen LogP contribution is 2.46. The van der Waals surface area contributed by atoms with Crippen molar-refractivity contribution < 1.29 is 27.2 Å². The Morgan fingerprint density at radius 1 is 1.12 bits per heavy atom. The van der Waals surface area contributed by atoms with E-state index in [1.807, 2.05) is 0 Å². The molecule has 0 atom stereocenters. The van der Waals surface area contributed by atoms with Gasteiger partial charge in [-0.25, -0.2) is 4.39 Å². The Bertz CT molecular complexity index is 1590. The zero-order chi connectivity index (χ0) is 29.5. The van der Waals surface area contributed by atoms with Crippen LogP contribution in [0.1, 0.15) is 59.3 Å². The van der Waals surface area contributed by atoms with Gasteiger partial charge in [-0.15, -0.1) is 0 Å². The largest absolute Gasteiger partial charge is 0.417 e. The van der Waals surface area contributed by atoms with E-state index in [9.17, 15) is 28.0 Å². The number of carbonyl (C=O) groups excluding carboxylic acids is 2. The monoisotopic (exact) mass is 584 g/mol. The molecule has 1 aliphatic carbocycles. The summed E-state index contributed by atoms with van der Waals surface area (Å²) in [7, 11) is 1.61. The first-order chi connectivity index (χ1) is 19.5. The zero-order valence-corrected chi connectivity index (χ0v) is 22.7. The van der Waals surface area contributed by atoms with E-state index < -0.39 is 40.5 Å². The van der Waals surface area contributed by atoms with Gasteiger partial charge in [0.15, 0.2) is 5.11 Å². The Balaban J connectivity index is 1.49. The highest BCUT2D eigenvalue weighted by atomic mass is 32.1. The average Bonchev–Trinajstić information content (AvgIpc) is 3.46. The van der Waals surface area contributed by atoms with Gasteiger partial charge in [0.05, 0.1) is 22.9 Å². The topological polar surface area (TPSA) is 94.3 Å². The standard InChI is InChI=1S/C28H24F4N6O2S/c1-36-23(9-12-35-36)24(39)34-16-18-6-8-20(14-22(18)29)38-26(41)37(25(40)27(38)10-3-2-4-11-27)19-7-5-17(15-33)21(13-19)28(30,31)32/h5-9,12-14H,2-4,10-11,16H2,1H3,(H,34,39). The first-order valence-corrected chi connectivity index (χ1v) is 13.2. The molecule has 13 heteroatoms. The van der Waals surface area contributed by atoms with Gasteiger partial charge in [0.1, 0.15) is 17.1 Å². The molecule has 2 heterocycles. The van der Waals surface area contributed by atoms with Gasteiger partial charge in [-0.1, -0.05) is 25.3 Å². The first-order valence-electron chi connectivity index (χ1n) is 12.8. The van der Waals surface area contributed by atoms with Crippen LogP contribution < -0.4 is 15.1 Å². The van der Waals surface area contributed by atoms with Gasteiger partial charge in [-0.2, -0.15) is 23.5 Å². The van der Waals surface area contributed by atoms with Crippen molar-refractivity contribution in [2.24, 2.45) is 7.05 Å². The lowest BCUT2D eigenvalue weighted by molar-refractivity contribution is -0.137. The van der Waals surface area contributed by atoms with Crippen molar-refractivity contribution in [3.63, 3.8) is 0 Å². The predicted octanol–water partition coefficient (Wildman–Crippen LogP) is 5.22. The van der Waals surface area contributed by atoms with Crippen LogP contribution >= 0.6 is 12.2 Å². The summed E-state index contributed by atoms with van der Waals surface area (Å²) < 4.78 is 57.9. The summed E-state index contributed by atoms with van der Waals surface area (Å²) >= 11 is 5.67. The Morgan fingerprint density at radius 2 is 1.83 bits per heavy atom. The number of alkyl halides is 3. The lowest BCUT2D eigenvalue weighted by Crippen LogP contribution is -2.51. The van der Waals surface area contributed by atoms with Crippen molar-refractivity contribution >= 4 is 40.5 Å². The number of nitrogens with one attached hydrogen (secondary N) is 1. The van der Waals surface area contributed by atoms with Crippen LogP contribution in [0.2, 0.25) is 0 Å². The third-order valence-electron chi connectivity index (χ3n) is 7.57. The normalized spacial score (nSPS) is 16.8. The second-order valence-corrected chi connectivity index (χ2v) is 10.4. The van der Waals surface area contributed by atoms with Gasteiger partial charge in [-0.3, -0.25) is 19.2 Å². The molecule has 1 aliphatic heterocycles. The van der Waals surface area contributed by atoms with Crippen LogP contribution in [0.15, 0.2) is 48.7 Å². The number of amides is 2. The van der Waals surface area contributed by atoms with Crippen molar-refractivity contribution in [3.05, 3.63) is 76.9 Å². The summed E-state index contributed by atoms with van der Waals surface area (Å²) in [5, 5.41) is 15.7. The fourth-order valence-electron chi connectivity index (χ4n) is 5.52. The minimum Gasteiger partial charge on any atom is -0.347 e.